The third-order valence-corrected chi connectivity index (χ3v) is 5.53. The van der Waals surface area contributed by atoms with Gasteiger partial charge in [-0.25, -0.2) is 0 Å². The summed E-state index contributed by atoms with van der Waals surface area (Å²) in [4.78, 5) is 15.6. The van der Waals surface area contributed by atoms with E-state index in [9.17, 15) is 13.2 Å². The summed E-state index contributed by atoms with van der Waals surface area (Å²) in [7, 11) is -4.12. The normalized spacial score (nSPS) is 11.5. The summed E-state index contributed by atoms with van der Waals surface area (Å²) in [6, 6.07) is 18.7. The van der Waals surface area contributed by atoms with Gasteiger partial charge in [0.1, 0.15) is 4.90 Å². The van der Waals surface area contributed by atoms with Crippen molar-refractivity contribution < 1.29 is 17.4 Å². The first-order chi connectivity index (χ1) is 13.5. The number of carbonyl (C=O) groups excluding carboxylic acids is 1. The van der Waals surface area contributed by atoms with Crippen LogP contribution in [0.4, 0.5) is 5.69 Å². The molecule has 0 atom stereocenters. The van der Waals surface area contributed by atoms with Crippen LogP contribution in [0.1, 0.15) is 6.92 Å². The molecule has 0 aliphatic carbocycles. The maximum absolute atomic E-state index is 13.0. The van der Waals surface area contributed by atoms with Crippen molar-refractivity contribution in [3.63, 3.8) is 0 Å². The third kappa shape index (κ3) is 3.27. The molecule has 6 nitrogen and oxygen atoms in total. The predicted octanol–water partition coefficient (Wildman–Crippen LogP) is 4.11. The van der Waals surface area contributed by atoms with Crippen LogP contribution < -0.4 is 9.50 Å². The smallest absolute Gasteiger partial charge is 0.341 e. The summed E-state index contributed by atoms with van der Waals surface area (Å²) in [6.07, 6.45) is 1.54. The van der Waals surface area contributed by atoms with E-state index in [1.165, 1.54) is 19.1 Å². The number of rotatable bonds is 4. The second kappa shape index (κ2) is 6.94. The number of pyridine rings is 1. The maximum Gasteiger partial charge on any atom is 0.341 e. The lowest BCUT2D eigenvalue weighted by Gasteiger charge is -2.13. The standard InChI is InChI=1S/C21H16N2O4S/c1-14(24)23-18-11-12-19(17-9-3-2-8-16(17)18)27-28(25,26)20-10-4-6-15-7-5-13-22-21(15)20/h2-13H,1H3,(H,23,24). The van der Waals surface area contributed by atoms with Gasteiger partial charge in [-0.1, -0.05) is 42.5 Å². The van der Waals surface area contributed by atoms with Gasteiger partial charge in [-0.15, -0.1) is 0 Å². The molecule has 4 rings (SSSR count). The average Bonchev–Trinajstić information content (AvgIpc) is 2.69. The Balaban J connectivity index is 1.82. The number of carbonyl (C=O) groups is 1. The summed E-state index contributed by atoms with van der Waals surface area (Å²) in [6.45, 7) is 1.41. The molecule has 0 aliphatic heterocycles. The summed E-state index contributed by atoms with van der Waals surface area (Å²) in [5.41, 5.74) is 0.934. The monoisotopic (exact) mass is 392 g/mol. The minimum Gasteiger partial charge on any atom is -0.378 e. The van der Waals surface area contributed by atoms with Crippen LogP contribution in [0.5, 0.6) is 5.75 Å². The van der Waals surface area contributed by atoms with Crippen LogP contribution in [0, 0.1) is 0 Å². The number of nitrogens with zero attached hydrogens (tertiary/aromatic N) is 1. The van der Waals surface area contributed by atoms with Gasteiger partial charge in [-0.05, 0) is 24.3 Å². The first-order valence-electron chi connectivity index (χ1n) is 8.53. The first kappa shape index (κ1) is 17.9. The third-order valence-electron chi connectivity index (χ3n) is 4.26. The van der Waals surface area contributed by atoms with Gasteiger partial charge >= 0.3 is 10.1 Å². The fraction of sp³-hybridized carbons (Fsp3) is 0.0476. The van der Waals surface area contributed by atoms with E-state index in [1.54, 1.807) is 60.8 Å². The van der Waals surface area contributed by atoms with E-state index in [0.29, 0.717) is 27.4 Å². The van der Waals surface area contributed by atoms with Crippen LogP contribution in [0.2, 0.25) is 0 Å². The van der Waals surface area contributed by atoms with E-state index in [-0.39, 0.29) is 16.6 Å². The minimum atomic E-state index is -4.12. The molecular formula is C21H16N2O4S. The number of aromatic nitrogens is 1. The second-order valence-electron chi connectivity index (χ2n) is 6.21. The molecule has 7 heteroatoms. The molecule has 4 aromatic rings. The lowest BCUT2D eigenvalue weighted by Crippen LogP contribution is -2.11. The number of benzene rings is 3. The SMILES string of the molecule is CC(=O)Nc1ccc(OS(=O)(=O)c2cccc3cccnc23)c2ccccc12. The Morgan fingerprint density at radius 1 is 0.929 bits per heavy atom. The van der Waals surface area contributed by atoms with Crippen molar-refractivity contribution in [3.05, 3.63) is 72.9 Å². The largest absolute Gasteiger partial charge is 0.378 e. The first-order valence-corrected chi connectivity index (χ1v) is 9.94. The summed E-state index contributed by atoms with van der Waals surface area (Å²) < 4.78 is 31.5. The highest BCUT2D eigenvalue weighted by Gasteiger charge is 2.22. The number of anilines is 1. The van der Waals surface area contributed by atoms with Crippen molar-refractivity contribution in [2.45, 2.75) is 11.8 Å². The quantitative estimate of drug-likeness (QED) is 0.528. The molecule has 0 aliphatic rings. The molecular weight excluding hydrogens is 376 g/mol. The van der Waals surface area contributed by atoms with E-state index in [1.807, 2.05) is 0 Å². The van der Waals surface area contributed by atoms with E-state index in [4.69, 9.17) is 4.18 Å². The van der Waals surface area contributed by atoms with Gasteiger partial charge < -0.3 is 9.50 Å². The fourth-order valence-electron chi connectivity index (χ4n) is 3.08. The van der Waals surface area contributed by atoms with Gasteiger partial charge in [0.25, 0.3) is 0 Å². The van der Waals surface area contributed by atoms with E-state index < -0.39 is 10.1 Å². The lowest BCUT2D eigenvalue weighted by atomic mass is 10.1. The highest BCUT2D eigenvalue weighted by atomic mass is 32.2. The molecule has 0 spiro atoms. The van der Waals surface area contributed by atoms with Crippen LogP contribution in [0.3, 0.4) is 0 Å². The van der Waals surface area contributed by atoms with Gasteiger partial charge in [-0.2, -0.15) is 8.42 Å². The van der Waals surface area contributed by atoms with Crippen LogP contribution >= 0.6 is 0 Å². The molecule has 0 fully saturated rings. The number of hydrogen-bond donors (Lipinski definition) is 1. The van der Waals surface area contributed by atoms with Crippen LogP contribution in [0.25, 0.3) is 21.7 Å². The summed E-state index contributed by atoms with van der Waals surface area (Å²) in [5.74, 6) is -0.0362. The van der Waals surface area contributed by atoms with Gasteiger partial charge in [0, 0.05) is 35.0 Å². The van der Waals surface area contributed by atoms with Crippen molar-refractivity contribution in [2.24, 2.45) is 0 Å². The molecule has 140 valence electrons. The Kier molecular flexibility index (Phi) is 4.44. The van der Waals surface area contributed by atoms with E-state index in [2.05, 4.69) is 10.3 Å². The second-order valence-corrected chi connectivity index (χ2v) is 7.72. The lowest BCUT2D eigenvalue weighted by molar-refractivity contribution is -0.114. The summed E-state index contributed by atoms with van der Waals surface area (Å²) >= 11 is 0. The Labute approximate surface area is 161 Å². The number of nitrogens with one attached hydrogen (secondary N) is 1. The molecule has 3 aromatic carbocycles. The van der Waals surface area contributed by atoms with Crippen molar-refractivity contribution in [3.8, 4) is 5.75 Å². The highest BCUT2D eigenvalue weighted by molar-refractivity contribution is 7.87. The molecule has 0 saturated carbocycles. The average molecular weight is 392 g/mol. The Hall–Kier alpha value is -3.45. The maximum atomic E-state index is 13.0. The predicted molar refractivity (Wildman–Crippen MR) is 108 cm³/mol. The van der Waals surface area contributed by atoms with Crippen LogP contribution in [-0.4, -0.2) is 19.3 Å². The molecule has 0 bridgehead atoms. The number of amides is 1. The molecule has 1 amide bonds. The van der Waals surface area contributed by atoms with Gasteiger partial charge in [0.05, 0.1) is 5.52 Å². The molecule has 28 heavy (non-hydrogen) atoms. The molecule has 1 heterocycles. The summed E-state index contributed by atoms with van der Waals surface area (Å²) in [5, 5.41) is 4.70. The van der Waals surface area contributed by atoms with Gasteiger partial charge in [-0.3, -0.25) is 9.78 Å². The van der Waals surface area contributed by atoms with Crippen molar-refractivity contribution in [1.29, 1.82) is 0 Å². The van der Waals surface area contributed by atoms with Crippen molar-refractivity contribution in [2.75, 3.05) is 5.32 Å². The molecule has 1 N–H and O–H groups in total. The molecule has 1 aromatic heterocycles. The fourth-order valence-corrected chi connectivity index (χ4v) is 4.21. The zero-order valence-electron chi connectivity index (χ0n) is 14.9. The number of fused-ring (bicyclic) bond motifs is 2. The molecule has 0 saturated heterocycles. The van der Waals surface area contributed by atoms with E-state index >= 15 is 0 Å². The van der Waals surface area contributed by atoms with Crippen molar-refractivity contribution in [1.82, 2.24) is 4.98 Å². The van der Waals surface area contributed by atoms with Crippen LogP contribution in [0.15, 0.2) is 77.8 Å². The van der Waals surface area contributed by atoms with Crippen molar-refractivity contribution >= 4 is 43.4 Å². The Morgan fingerprint density at radius 2 is 1.68 bits per heavy atom. The zero-order chi connectivity index (χ0) is 19.7. The zero-order valence-corrected chi connectivity index (χ0v) is 15.7. The van der Waals surface area contributed by atoms with Gasteiger partial charge in [0.2, 0.25) is 5.91 Å². The van der Waals surface area contributed by atoms with E-state index in [0.717, 1.165) is 0 Å². The Morgan fingerprint density at radius 3 is 2.46 bits per heavy atom. The molecule has 0 unspecified atom stereocenters. The minimum absolute atomic E-state index is 0.000573. The topological polar surface area (TPSA) is 85.4 Å². The highest BCUT2D eigenvalue weighted by Crippen LogP contribution is 2.34. The number of hydrogen-bond acceptors (Lipinski definition) is 5. The number of para-hydroxylation sites is 1. The molecule has 0 radical (unpaired) electrons. The van der Waals surface area contributed by atoms with Crippen LogP contribution in [-0.2, 0) is 14.9 Å². The van der Waals surface area contributed by atoms with Gasteiger partial charge in [0.15, 0.2) is 5.75 Å². The Bertz CT molecular complexity index is 1310.